The van der Waals surface area contributed by atoms with Crippen molar-refractivity contribution < 1.29 is 4.79 Å². The number of aryl methyl sites for hydroxylation is 1. The van der Waals surface area contributed by atoms with E-state index < -0.39 is 0 Å². The van der Waals surface area contributed by atoms with Gasteiger partial charge in [-0.15, -0.1) is 11.3 Å². The van der Waals surface area contributed by atoms with E-state index in [0.29, 0.717) is 18.8 Å². The molecule has 0 saturated carbocycles. The minimum atomic E-state index is -0.0557. The predicted octanol–water partition coefficient (Wildman–Crippen LogP) is 2.51. The molecule has 1 amide bonds. The Labute approximate surface area is 155 Å². The van der Waals surface area contributed by atoms with E-state index >= 15 is 0 Å². The van der Waals surface area contributed by atoms with Crippen LogP contribution in [0.15, 0.2) is 35.7 Å². The third kappa shape index (κ3) is 3.50. The smallest absolute Gasteiger partial charge is 0.274 e. The van der Waals surface area contributed by atoms with Gasteiger partial charge in [0.1, 0.15) is 11.5 Å². The number of carbonyl (C=O) groups excluding carboxylic acids is 1. The Bertz CT molecular complexity index is 873. The number of hydrogen-bond acceptors (Lipinski definition) is 6. The maximum atomic E-state index is 12.8. The molecule has 0 bridgehead atoms. The molecule has 1 aliphatic heterocycles. The first kappa shape index (κ1) is 16.8. The van der Waals surface area contributed by atoms with Crippen molar-refractivity contribution in [2.24, 2.45) is 0 Å². The fourth-order valence-corrected chi connectivity index (χ4v) is 3.89. The minimum Gasteiger partial charge on any atom is -0.337 e. The Morgan fingerprint density at radius 1 is 1.27 bits per heavy atom. The lowest BCUT2D eigenvalue weighted by atomic mass is 9.96. The normalized spacial score (nSPS) is 17.4. The zero-order valence-electron chi connectivity index (χ0n) is 14.6. The van der Waals surface area contributed by atoms with Crippen molar-refractivity contribution in [1.82, 2.24) is 29.4 Å². The van der Waals surface area contributed by atoms with Gasteiger partial charge in [-0.3, -0.25) is 9.78 Å². The molecule has 8 heteroatoms. The first-order valence-electron chi connectivity index (χ1n) is 8.66. The summed E-state index contributed by atoms with van der Waals surface area (Å²) in [5.41, 5.74) is 4.09. The van der Waals surface area contributed by atoms with Crippen LogP contribution < -0.4 is 0 Å². The van der Waals surface area contributed by atoms with Crippen LogP contribution in [0.3, 0.4) is 0 Å². The van der Waals surface area contributed by atoms with E-state index in [1.165, 1.54) is 0 Å². The third-order valence-electron chi connectivity index (χ3n) is 4.64. The molecule has 0 unspecified atom stereocenters. The van der Waals surface area contributed by atoms with Gasteiger partial charge < -0.3 is 9.47 Å². The van der Waals surface area contributed by atoms with Gasteiger partial charge in [-0.25, -0.2) is 15.0 Å². The van der Waals surface area contributed by atoms with Crippen LogP contribution >= 0.6 is 11.3 Å². The first-order chi connectivity index (χ1) is 12.7. The molecule has 1 aliphatic rings. The van der Waals surface area contributed by atoms with Gasteiger partial charge in [-0.2, -0.15) is 0 Å². The second-order valence-corrected chi connectivity index (χ2v) is 7.25. The highest BCUT2D eigenvalue weighted by Crippen LogP contribution is 2.27. The summed E-state index contributed by atoms with van der Waals surface area (Å²) in [6.45, 7) is 3.98. The molecule has 134 valence electrons. The fraction of sp³-hybridized carbons (Fsp3) is 0.389. The van der Waals surface area contributed by atoms with Crippen molar-refractivity contribution in [2.45, 2.75) is 32.2 Å². The topological polar surface area (TPSA) is 76.8 Å². The van der Waals surface area contributed by atoms with Crippen molar-refractivity contribution in [1.29, 1.82) is 0 Å². The lowest BCUT2D eigenvalue weighted by Gasteiger charge is -2.32. The third-order valence-corrected chi connectivity index (χ3v) is 5.27. The molecule has 4 heterocycles. The summed E-state index contributed by atoms with van der Waals surface area (Å²) in [4.78, 5) is 32.0. The molecule has 0 aromatic carbocycles. The summed E-state index contributed by atoms with van der Waals surface area (Å²) in [7, 11) is 0. The van der Waals surface area contributed by atoms with Crippen LogP contribution in [0.1, 0.15) is 46.5 Å². The van der Waals surface area contributed by atoms with E-state index in [2.05, 4.69) is 29.9 Å². The maximum Gasteiger partial charge on any atom is 0.274 e. The van der Waals surface area contributed by atoms with E-state index in [-0.39, 0.29) is 11.8 Å². The number of rotatable bonds is 4. The average Bonchev–Trinajstić information content (AvgIpc) is 3.34. The van der Waals surface area contributed by atoms with Crippen molar-refractivity contribution in [2.75, 3.05) is 13.1 Å². The molecule has 3 aromatic rings. The summed E-state index contributed by atoms with van der Waals surface area (Å²) in [6, 6.07) is 0. The lowest BCUT2D eigenvalue weighted by Crippen LogP contribution is -2.40. The standard InChI is InChI=1S/C18H20N6OS/c1-13-7-21-16(8-20-13)18(25)24-5-2-3-14(9-24)17-19-4-6-23(17)10-15-11-26-12-22-15/h4,6-8,11-12,14H,2-3,5,9-10H2,1H3/t14-/m1/s1. The van der Waals surface area contributed by atoms with Gasteiger partial charge in [0.05, 0.1) is 29.6 Å². The van der Waals surface area contributed by atoms with Gasteiger partial charge in [-0.1, -0.05) is 0 Å². The number of hydrogen-bond donors (Lipinski definition) is 0. The number of likely N-dealkylation sites (tertiary alicyclic amines) is 1. The summed E-state index contributed by atoms with van der Waals surface area (Å²) < 4.78 is 2.14. The molecule has 3 aromatic heterocycles. The van der Waals surface area contributed by atoms with Crippen molar-refractivity contribution in [3.8, 4) is 0 Å². The second kappa shape index (κ2) is 7.33. The highest BCUT2D eigenvalue weighted by atomic mass is 32.1. The molecule has 7 nitrogen and oxygen atoms in total. The Kier molecular flexibility index (Phi) is 4.75. The number of piperidine rings is 1. The number of carbonyl (C=O) groups is 1. The molecular weight excluding hydrogens is 348 g/mol. The van der Waals surface area contributed by atoms with Gasteiger partial charge in [0.25, 0.3) is 5.91 Å². The highest BCUT2D eigenvalue weighted by molar-refractivity contribution is 7.07. The average molecular weight is 368 g/mol. The Balaban J connectivity index is 1.50. The molecule has 0 spiro atoms. The van der Waals surface area contributed by atoms with Crippen molar-refractivity contribution in [3.63, 3.8) is 0 Å². The molecule has 0 aliphatic carbocycles. The van der Waals surface area contributed by atoms with Crippen LogP contribution in [0.5, 0.6) is 0 Å². The van der Waals surface area contributed by atoms with E-state index in [4.69, 9.17) is 0 Å². The first-order valence-corrected chi connectivity index (χ1v) is 9.61. The maximum absolute atomic E-state index is 12.8. The number of amides is 1. The fourth-order valence-electron chi connectivity index (χ4n) is 3.34. The Hall–Kier alpha value is -2.61. The summed E-state index contributed by atoms with van der Waals surface area (Å²) in [5, 5.41) is 2.05. The van der Waals surface area contributed by atoms with Crippen molar-refractivity contribution >= 4 is 17.2 Å². The van der Waals surface area contributed by atoms with Crippen LogP contribution in [0, 0.1) is 6.92 Å². The molecule has 0 N–H and O–H groups in total. The number of imidazole rings is 1. The Morgan fingerprint density at radius 3 is 2.96 bits per heavy atom. The zero-order valence-corrected chi connectivity index (χ0v) is 15.4. The highest BCUT2D eigenvalue weighted by Gasteiger charge is 2.28. The molecule has 4 rings (SSSR count). The van der Waals surface area contributed by atoms with Gasteiger partial charge in [-0.05, 0) is 19.8 Å². The number of nitrogens with zero attached hydrogens (tertiary/aromatic N) is 6. The van der Waals surface area contributed by atoms with Crippen LogP contribution in [-0.2, 0) is 6.54 Å². The summed E-state index contributed by atoms with van der Waals surface area (Å²) >= 11 is 1.60. The summed E-state index contributed by atoms with van der Waals surface area (Å²) in [6.07, 6.45) is 8.99. The Morgan fingerprint density at radius 2 is 2.19 bits per heavy atom. The minimum absolute atomic E-state index is 0.0557. The number of aromatic nitrogens is 5. The van der Waals surface area contributed by atoms with Gasteiger partial charge in [0.15, 0.2) is 0 Å². The van der Waals surface area contributed by atoms with Crippen molar-refractivity contribution in [3.05, 3.63) is 58.6 Å². The van der Waals surface area contributed by atoms with Crippen LogP contribution in [0.2, 0.25) is 0 Å². The van der Waals surface area contributed by atoms with E-state index in [1.807, 2.05) is 29.7 Å². The molecule has 1 fully saturated rings. The van der Waals surface area contributed by atoms with Gasteiger partial charge in [0, 0.05) is 43.0 Å². The largest absolute Gasteiger partial charge is 0.337 e. The lowest BCUT2D eigenvalue weighted by molar-refractivity contribution is 0.0697. The molecule has 1 saturated heterocycles. The van der Waals surface area contributed by atoms with Crippen LogP contribution in [0.25, 0.3) is 0 Å². The molecular formula is C18H20N6OS. The monoisotopic (exact) mass is 368 g/mol. The SMILES string of the molecule is Cc1cnc(C(=O)N2CCC[C@@H](c3nccn3Cc3cscn3)C2)cn1. The van der Waals surface area contributed by atoms with Gasteiger partial charge in [0.2, 0.25) is 0 Å². The van der Waals surface area contributed by atoms with Crippen LogP contribution in [-0.4, -0.2) is 48.4 Å². The molecule has 0 radical (unpaired) electrons. The second-order valence-electron chi connectivity index (χ2n) is 6.53. The number of thiazole rings is 1. The predicted molar refractivity (Wildman–Crippen MR) is 98.1 cm³/mol. The molecule has 26 heavy (non-hydrogen) atoms. The molecule has 1 atom stereocenters. The summed E-state index contributed by atoms with van der Waals surface area (Å²) in [5.74, 6) is 1.19. The van der Waals surface area contributed by atoms with Gasteiger partial charge >= 0.3 is 0 Å². The van der Waals surface area contributed by atoms with E-state index in [1.54, 1.807) is 23.7 Å². The quantitative estimate of drug-likeness (QED) is 0.707. The van der Waals surface area contributed by atoms with E-state index in [9.17, 15) is 4.79 Å². The van der Waals surface area contributed by atoms with E-state index in [0.717, 1.165) is 36.6 Å². The zero-order chi connectivity index (χ0) is 17.9. The van der Waals surface area contributed by atoms with Crippen LogP contribution in [0.4, 0.5) is 0 Å².